The number of aliphatic hydroxyl groups is 1. The van der Waals surface area contributed by atoms with Gasteiger partial charge in [-0.3, -0.25) is 0 Å². The van der Waals surface area contributed by atoms with E-state index in [0.29, 0.717) is 52.7 Å². The second-order valence-electron chi connectivity index (χ2n) is 25.3. The van der Waals surface area contributed by atoms with E-state index >= 15 is 0 Å². The van der Waals surface area contributed by atoms with Gasteiger partial charge in [-0.05, 0) is 206 Å². The number of benzene rings is 9. The monoisotopic (exact) mass is 1250 g/mol. The van der Waals surface area contributed by atoms with Gasteiger partial charge in [0.25, 0.3) is 0 Å². The maximum Gasteiger partial charge on any atom is 0.130 e. The van der Waals surface area contributed by atoms with E-state index in [1.54, 1.807) is 0 Å². The highest BCUT2D eigenvalue weighted by molar-refractivity contribution is 5.47. The largest absolute Gasteiger partial charge is 0.494 e. The van der Waals surface area contributed by atoms with Crippen LogP contribution in [0.25, 0.3) is 0 Å². The molecule has 0 amide bonds. The van der Waals surface area contributed by atoms with Crippen LogP contribution in [0.3, 0.4) is 0 Å². The van der Waals surface area contributed by atoms with Crippen molar-refractivity contribution in [1.29, 1.82) is 0 Å². The Morgan fingerprint density at radius 3 is 0.731 bits per heavy atom. The Bertz CT molecular complexity index is 3270. The minimum atomic E-state index is -1.37. The quantitative estimate of drug-likeness (QED) is 0.0366. The summed E-state index contributed by atoms with van der Waals surface area (Å²) in [5.74, 6) is 6.02. The Labute approximate surface area is 555 Å². The average molecular weight is 1250 g/mol. The average Bonchev–Trinajstić information content (AvgIpc) is 0.836. The van der Waals surface area contributed by atoms with Crippen molar-refractivity contribution in [2.45, 2.75) is 147 Å². The third-order valence-corrected chi connectivity index (χ3v) is 18.5. The van der Waals surface area contributed by atoms with Crippen molar-refractivity contribution in [3.63, 3.8) is 0 Å². The molecule has 9 heteroatoms. The van der Waals surface area contributed by atoms with E-state index in [2.05, 4.69) is 206 Å². The Balaban J connectivity index is 0.879. The lowest BCUT2D eigenvalue weighted by molar-refractivity contribution is 0.0516. The molecule has 0 spiro atoms. The minimum Gasteiger partial charge on any atom is -0.494 e. The van der Waals surface area contributed by atoms with Crippen molar-refractivity contribution in [2.24, 2.45) is 5.73 Å². The van der Waals surface area contributed by atoms with Gasteiger partial charge in [0.1, 0.15) is 45.8 Å². The summed E-state index contributed by atoms with van der Waals surface area (Å²) in [6, 6.07) is 78.8. The fourth-order valence-electron chi connectivity index (χ4n) is 12.7. The zero-order valence-electron chi connectivity index (χ0n) is 56.1. The molecular weight excluding hydrogens is 1150 g/mol. The van der Waals surface area contributed by atoms with Crippen LogP contribution in [0.4, 0.5) is 0 Å². The number of rotatable bonds is 38. The second-order valence-corrected chi connectivity index (χ2v) is 25.3. The molecule has 0 unspecified atom stereocenters. The van der Waals surface area contributed by atoms with Crippen LogP contribution in [-0.2, 0) is 28.3 Å². The Kier molecular flexibility index (Phi) is 25.1. The van der Waals surface area contributed by atoms with Gasteiger partial charge in [-0.25, -0.2) is 0 Å². The van der Waals surface area contributed by atoms with Crippen LogP contribution in [0.2, 0.25) is 0 Å². The lowest BCUT2D eigenvalue weighted by Gasteiger charge is -2.35. The van der Waals surface area contributed by atoms with E-state index in [9.17, 15) is 5.11 Å². The topological polar surface area (TPSA) is 111 Å². The number of hydrogen-bond acceptors (Lipinski definition) is 9. The molecule has 0 bridgehead atoms. The molecule has 0 radical (unpaired) electrons. The molecule has 0 aliphatic rings. The summed E-state index contributed by atoms with van der Waals surface area (Å²) >= 11 is 0. The number of ether oxygens (including phenoxy) is 7. The van der Waals surface area contributed by atoms with Gasteiger partial charge in [-0.2, -0.15) is 0 Å². The Hall–Kier alpha value is -8.50. The summed E-state index contributed by atoms with van der Waals surface area (Å²) in [5.41, 5.74) is 14.5. The summed E-state index contributed by atoms with van der Waals surface area (Å²) in [6.45, 7) is 20.0. The van der Waals surface area contributed by atoms with Crippen LogP contribution in [0, 0.1) is 0 Å². The molecule has 0 fully saturated rings. The molecule has 3 N–H and O–H groups in total. The molecule has 0 saturated heterocycles. The first kappa shape index (κ1) is 68.9. The third-order valence-electron chi connectivity index (χ3n) is 18.5. The Morgan fingerprint density at radius 2 is 0.505 bits per heavy atom. The summed E-state index contributed by atoms with van der Waals surface area (Å²) in [7, 11) is 0. The van der Waals surface area contributed by atoms with Crippen molar-refractivity contribution in [1.82, 2.24) is 0 Å². The van der Waals surface area contributed by atoms with Crippen LogP contribution >= 0.6 is 0 Å². The van der Waals surface area contributed by atoms with Crippen LogP contribution in [0.1, 0.15) is 163 Å². The molecule has 9 rings (SSSR count). The molecule has 9 aromatic carbocycles. The molecule has 1 atom stereocenters. The van der Waals surface area contributed by atoms with Gasteiger partial charge in [-0.1, -0.05) is 194 Å². The standard InChI is InChI=1S/C84H99NO8/c1-8-56-87-74-41-27-65(28-42-74)81(5,66-29-43-75(44-30-66)88-57-9-2)54-19-61-92-78-49-35-69(36-50-78)83(7,53-18-60-91-73-39-25-64(26-40-73)63-80(85)84(86,71-21-14-12-15-22-71)72-23-16-13-17-24-72)70-37-51-79(52-38-70)93-62-20-55-82(6,67-31-45-76(46-32-67)89-58-10-3)68-33-47-77(48-34-68)90-59-11-4/h12-17,21-52,80,86H,8-11,18-20,53-63,85H2,1-7H3/t80-/m0/s1. The first-order valence-corrected chi connectivity index (χ1v) is 34.0. The highest BCUT2D eigenvalue weighted by atomic mass is 16.5. The summed E-state index contributed by atoms with van der Waals surface area (Å²) in [4.78, 5) is 0. The molecule has 9 nitrogen and oxygen atoms in total. The second kappa shape index (κ2) is 33.9. The van der Waals surface area contributed by atoms with Gasteiger partial charge in [0.05, 0.1) is 46.2 Å². The first-order valence-electron chi connectivity index (χ1n) is 34.0. The highest BCUT2D eigenvalue weighted by Gasteiger charge is 2.38. The summed E-state index contributed by atoms with van der Waals surface area (Å²) in [5, 5.41) is 12.3. The molecule has 488 valence electrons. The highest BCUT2D eigenvalue weighted by Crippen LogP contribution is 2.42. The maximum absolute atomic E-state index is 12.3. The smallest absolute Gasteiger partial charge is 0.130 e. The van der Waals surface area contributed by atoms with E-state index in [4.69, 9.17) is 38.9 Å². The van der Waals surface area contributed by atoms with Crippen molar-refractivity contribution in [2.75, 3.05) is 46.2 Å². The van der Waals surface area contributed by atoms with Gasteiger partial charge in [0.2, 0.25) is 0 Å². The number of nitrogens with two attached hydrogens (primary N) is 1. The van der Waals surface area contributed by atoms with Crippen molar-refractivity contribution < 1.29 is 38.3 Å². The third kappa shape index (κ3) is 18.0. The zero-order valence-corrected chi connectivity index (χ0v) is 56.1. The van der Waals surface area contributed by atoms with Gasteiger partial charge >= 0.3 is 0 Å². The van der Waals surface area contributed by atoms with Crippen molar-refractivity contribution >= 4 is 0 Å². The van der Waals surface area contributed by atoms with Crippen molar-refractivity contribution in [3.8, 4) is 40.2 Å². The van der Waals surface area contributed by atoms with E-state index < -0.39 is 11.6 Å². The van der Waals surface area contributed by atoms with E-state index in [-0.39, 0.29) is 16.2 Å². The van der Waals surface area contributed by atoms with Gasteiger partial charge in [-0.15, -0.1) is 0 Å². The Morgan fingerprint density at radius 1 is 0.290 bits per heavy atom. The molecule has 0 aliphatic heterocycles. The van der Waals surface area contributed by atoms with Crippen molar-refractivity contribution in [3.05, 3.63) is 281 Å². The maximum atomic E-state index is 12.3. The molecule has 0 aliphatic carbocycles. The van der Waals surface area contributed by atoms with Crippen LogP contribution in [0.15, 0.2) is 231 Å². The SMILES string of the molecule is CCCOc1ccc(C(C)(CCCOc2ccc(C(C)(CCCOc3ccc(C[C@H](N)C(O)(c4ccccc4)c4ccccc4)cc3)c3ccc(OCCCC(C)(c4ccc(OCCC)cc4)c4ccc(OCCC)cc4)cc3)cc2)c2ccc(OCCC)cc2)cc1. The minimum absolute atomic E-state index is 0.265. The zero-order chi connectivity index (χ0) is 65.4. The van der Waals surface area contributed by atoms with Gasteiger partial charge in [0, 0.05) is 22.3 Å². The van der Waals surface area contributed by atoms with Crippen LogP contribution < -0.4 is 38.9 Å². The molecular formula is C84H99NO8. The number of hydrogen-bond donors (Lipinski definition) is 2. The molecule has 93 heavy (non-hydrogen) atoms. The van der Waals surface area contributed by atoms with Gasteiger partial charge in [0.15, 0.2) is 0 Å². The van der Waals surface area contributed by atoms with Crippen LogP contribution in [0.5, 0.6) is 40.2 Å². The van der Waals surface area contributed by atoms with E-state index in [0.717, 1.165) is 121 Å². The van der Waals surface area contributed by atoms with Crippen LogP contribution in [-0.4, -0.2) is 57.4 Å². The van der Waals surface area contributed by atoms with E-state index in [1.807, 2.05) is 72.8 Å². The first-order chi connectivity index (χ1) is 45.3. The lowest BCUT2D eigenvalue weighted by atomic mass is 9.73. The molecule has 0 saturated carbocycles. The normalized spacial score (nSPS) is 12.2. The molecule has 0 aromatic heterocycles. The summed E-state index contributed by atoms with van der Waals surface area (Å²) in [6.07, 6.45) is 9.40. The molecule has 9 aromatic rings. The predicted octanol–water partition coefficient (Wildman–Crippen LogP) is 19.1. The predicted molar refractivity (Wildman–Crippen MR) is 379 cm³/mol. The fraction of sp³-hybridized carbons (Fsp3) is 0.357. The summed E-state index contributed by atoms with van der Waals surface area (Å²) < 4.78 is 43.5. The fourth-order valence-corrected chi connectivity index (χ4v) is 12.7. The lowest BCUT2D eigenvalue weighted by Crippen LogP contribution is -2.47. The molecule has 0 heterocycles. The van der Waals surface area contributed by atoms with Gasteiger partial charge < -0.3 is 44.0 Å². The van der Waals surface area contributed by atoms with E-state index in [1.165, 1.54) is 33.4 Å².